The molecule has 0 saturated heterocycles. The predicted octanol–water partition coefficient (Wildman–Crippen LogP) is 3.52. The highest BCUT2D eigenvalue weighted by Crippen LogP contribution is 2.23. The molecule has 1 N–H and O–H groups in total. The second-order valence-corrected chi connectivity index (χ2v) is 10.6. The standard InChI is InChI=1S/C25H34N4O4S/c1-5-6-15-29-23-11-10-21(34(31,32)28(3)4)18-22(23)27-24(29)12-13-25(30)26-14-16-33-20-9-7-8-19(2)17-20/h7-11,17-18H,5-6,12-16H2,1-4H3,(H,26,30). The fourth-order valence-electron chi connectivity index (χ4n) is 3.67. The third kappa shape index (κ3) is 6.36. The molecule has 3 aromatic rings. The van der Waals surface area contributed by atoms with Crippen LogP contribution in [0.3, 0.4) is 0 Å². The second kappa shape index (κ2) is 11.5. The van der Waals surface area contributed by atoms with Crippen molar-refractivity contribution in [2.75, 3.05) is 27.2 Å². The number of amides is 1. The van der Waals surface area contributed by atoms with Crippen LogP contribution < -0.4 is 10.1 Å². The average molecular weight is 487 g/mol. The van der Waals surface area contributed by atoms with E-state index in [0.29, 0.717) is 31.5 Å². The Kier molecular flexibility index (Phi) is 8.68. The van der Waals surface area contributed by atoms with Crippen LogP contribution in [-0.2, 0) is 27.8 Å². The van der Waals surface area contributed by atoms with Gasteiger partial charge in [0, 0.05) is 33.5 Å². The number of carbonyl (C=O) groups is 1. The Bertz CT molecular complexity index is 1230. The van der Waals surface area contributed by atoms with E-state index in [4.69, 9.17) is 9.72 Å². The van der Waals surface area contributed by atoms with Crippen molar-refractivity contribution in [3.05, 3.63) is 53.9 Å². The van der Waals surface area contributed by atoms with Gasteiger partial charge in [-0.15, -0.1) is 0 Å². The third-order valence-corrected chi connectivity index (χ3v) is 7.38. The first-order chi connectivity index (χ1) is 16.2. The molecule has 9 heteroatoms. The van der Waals surface area contributed by atoms with Crippen LogP contribution in [0.2, 0.25) is 0 Å². The molecule has 8 nitrogen and oxygen atoms in total. The van der Waals surface area contributed by atoms with Crippen LogP contribution in [-0.4, -0.2) is 55.4 Å². The first-order valence-electron chi connectivity index (χ1n) is 11.6. The molecule has 0 atom stereocenters. The minimum absolute atomic E-state index is 0.0715. The maximum Gasteiger partial charge on any atom is 0.242 e. The van der Waals surface area contributed by atoms with Crippen molar-refractivity contribution in [2.24, 2.45) is 0 Å². The van der Waals surface area contributed by atoms with Crippen molar-refractivity contribution < 1.29 is 17.9 Å². The number of unbranched alkanes of at least 4 members (excludes halogenated alkanes) is 1. The van der Waals surface area contributed by atoms with E-state index in [0.717, 1.165) is 42.0 Å². The zero-order valence-corrected chi connectivity index (χ0v) is 21.2. The Morgan fingerprint density at radius 1 is 1.18 bits per heavy atom. The SMILES string of the molecule is CCCCn1c(CCC(=O)NCCOc2cccc(C)c2)nc2cc(S(=O)(=O)N(C)C)ccc21. The van der Waals surface area contributed by atoms with Crippen LogP contribution >= 0.6 is 0 Å². The van der Waals surface area contributed by atoms with Gasteiger partial charge in [-0.2, -0.15) is 0 Å². The number of sulfonamides is 1. The lowest BCUT2D eigenvalue weighted by Gasteiger charge is -2.11. The number of imidazole rings is 1. The van der Waals surface area contributed by atoms with Gasteiger partial charge < -0.3 is 14.6 Å². The number of aryl methyl sites for hydroxylation is 3. The van der Waals surface area contributed by atoms with E-state index < -0.39 is 10.0 Å². The number of rotatable bonds is 12. The summed E-state index contributed by atoms with van der Waals surface area (Å²) < 4.78 is 34.0. The zero-order chi connectivity index (χ0) is 24.7. The van der Waals surface area contributed by atoms with Crippen molar-refractivity contribution in [3.8, 4) is 5.75 Å². The Labute approximate surface area is 202 Å². The van der Waals surface area contributed by atoms with Gasteiger partial charge in [0.05, 0.1) is 22.5 Å². The maximum atomic E-state index is 12.5. The predicted molar refractivity (Wildman–Crippen MR) is 134 cm³/mol. The lowest BCUT2D eigenvalue weighted by atomic mass is 10.2. The number of nitrogens with one attached hydrogen (secondary N) is 1. The number of hydrogen-bond acceptors (Lipinski definition) is 5. The molecule has 0 bridgehead atoms. The second-order valence-electron chi connectivity index (χ2n) is 8.49. The number of benzene rings is 2. The van der Waals surface area contributed by atoms with Crippen LogP contribution in [0.15, 0.2) is 47.4 Å². The summed E-state index contributed by atoms with van der Waals surface area (Å²) in [5.74, 6) is 1.50. The van der Waals surface area contributed by atoms with Crippen LogP contribution in [0, 0.1) is 6.92 Å². The molecule has 0 aliphatic carbocycles. The molecule has 1 amide bonds. The highest BCUT2D eigenvalue weighted by atomic mass is 32.2. The molecule has 2 aromatic carbocycles. The molecule has 3 rings (SSSR count). The Morgan fingerprint density at radius 2 is 1.97 bits per heavy atom. The fraction of sp³-hybridized carbons (Fsp3) is 0.440. The number of nitrogens with zero attached hydrogens (tertiary/aromatic N) is 3. The summed E-state index contributed by atoms with van der Waals surface area (Å²) in [5, 5.41) is 2.89. The highest BCUT2D eigenvalue weighted by molar-refractivity contribution is 7.89. The van der Waals surface area contributed by atoms with E-state index >= 15 is 0 Å². The minimum atomic E-state index is -3.54. The van der Waals surface area contributed by atoms with Crippen LogP contribution in [0.1, 0.15) is 37.6 Å². The van der Waals surface area contributed by atoms with Gasteiger partial charge in [-0.25, -0.2) is 17.7 Å². The first kappa shape index (κ1) is 25.7. The lowest BCUT2D eigenvalue weighted by Crippen LogP contribution is -2.28. The van der Waals surface area contributed by atoms with Gasteiger partial charge in [-0.3, -0.25) is 4.79 Å². The molecule has 0 spiro atoms. The van der Waals surface area contributed by atoms with E-state index in [1.54, 1.807) is 18.2 Å². The van der Waals surface area contributed by atoms with Crippen LogP contribution in [0.25, 0.3) is 11.0 Å². The van der Waals surface area contributed by atoms with Gasteiger partial charge in [-0.05, 0) is 49.2 Å². The summed E-state index contributed by atoms with van der Waals surface area (Å²) in [6.07, 6.45) is 2.76. The third-order valence-electron chi connectivity index (χ3n) is 5.57. The number of hydrogen-bond donors (Lipinski definition) is 1. The lowest BCUT2D eigenvalue weighted by molar-refractivity contribution is -0.121. The van der Waals surface area contributed by atoms with Crippen molar-refractivity contribution in [3.63, 3.8) is 0 Å². The van der Waals surface area contributed by atoms with Crippen molar-refractivity contribution >= 4 is 27.0 Å². The van der Waals surface area contributed by atoms with E-state index in [9.17, 15) is 13.2 Å². The normalized spacial score (nSPS) is 11.8. The van der Waals surface area contributed by atoms with Gasteiger partial charge >= 0.3 is 0 Å². The fourth-order valence-corrected chi connectivity index (χ4v) is 4.59. The van der Waals surface area contributed by atoms with E-state index in [1.807, 2.05) is 31.2 Å². The molecule has 184 valence electrons. The highest BCUT2D eigenvalue weighted by Gasteiger charge is 2.20. The van der Waals surface area contributed by atoms with Crippen molar-refractivity contribution in [1.29, 1.82) is 0 Å². The summed E-state index contributed by atoms with van der Waals surface area (Å²) in [7, 11) is -0.523. The van der Waals surface area contributed by atoms with Gasteiger partial charge in [0.1, 0.15) is 18.2 Å². The van der Waals surface area contributed by atoms with Gasteiger partial charge in [0.25, 0.3) is 0 Å². The smallest absolute Gasteiger partial charge is 0.242 e. The molecule has 34 heavy (non-hydrogen) atoms. The first-order valence-corrected chi connectivity index (χ1v) is 13.0. The summed E-state index contributed by atoms with van der Waals surface area (Å²) in [4.78, 5) is 17.3. The van der Waals surface area contributed by atoms with E-state index in [-0.39, 0.29) is 10.8 Å². The quantitative estimate of drug-likeness (QED) is 0.396. The monoisotopic (exact) mass is 486 g/mol. The molecule has 0 radical (unpaired) electrons. The Morgan fingerprint density at radius 3 is 2.68 bits per heavy atom. The van der Waals surface area contributed by atoms with Crippen molar-refractivity contribution in [1.82, 2.24) is 19.2 Å². The van der Waals surface area contributed by atoms with E-state index in [1.165, 1.54) is 18.4 Å². The van der Waals surface area contributed by atoms with Gasteiger partial charge in [0.15, 0.2) is 0 Å². The van der Waals surface area contributed by atoms with Crippen LogP contribution in [0.5, 0.6) is 5.75 Å². The summed E-state index contributed by atoms with van der Waals surface area (Å²) in [5.41, 5.74) is 2.63. The summed E-state index contributed by atoms with van der Waals surface area (Å²) in [6, 6.07) is 12.8. The van der Waals surface area contributed by atoms with Crippen LogP contribution in [0.4, 0.5) is 0 Å². The molecule has 0 saturated carbocycles. The average Bonchev–Trinajstić information content (AvgIpc) is 3.15. The molecule has 0 fully saturated rings. The van der Waals surface area contributed by atoms with Gasteiger partial charge in [0.2, 0.25) is 15.9 Å². The Hall–Kier alpha value is -2.91. The molecule has 0 aliphatic heterocycles. The molecule has 1 heterocycles. The topological polar surface area (TPSA) is 93.5 Å². The molecular formula is C25H34N4O4S. The molecule has 0 unspecified atom stereocenters. The number of carbonyl (C=O) groups excluding carboxylic acids is 1. The summed E-state index contributed by atoms with van der Waals surface area (Å²) in [6.45, 7) is 5.71. The molecular weight excluding hydrogens is 452 g/mol. The number of ether oxygens (including phenoxy) is 1. The largest absolute Gasteiger partial charge is 0.492 e. The molecule has 1 aromatic heterocycles. The zero-order valence-electron chi connectivity index (χ0n) is 20.4. The molecule has 0 aliphatic rings. The summed E-state index contributed by atoms with van der Waals surface area (Å²) >= 11 is 0. The number of aromatic nitrogens is 2. The maximum absolute atomic E-state index is 12.5. The van der Waals surface area contributed by atoms with Crippen molar-refractivity contribution in [2.45, 2.75) is 51.0 Å². The minimum Gasteiger partial charge on any atom is -0.492 e. The van der Waals surface area contributed by atoms with Gasteiger partial charge in [-0.1, -0.05) is 25.5 Å². The Balaban J connectivity index is 1.64. The number of fused-ring (bicyclic) bond motifs is 1. The van der Waals surface area contributed by atoms with E-state index in [2.05, 4.69) is 16.8 Å².